The number of halogens is 1. The highest BCUT2D eigenvalue weighted by Crippen LogP contribution is 2.35. The van der Waals surface area contributed by atoms with Crippen LogP contribution in [0.4, 0.5) is 15.8 Å². The molecule has 3 heterocycles. The molecule has 0 aliphatic carbocycles. The zero-order valence-corrected chi connectivity index (χ0v) is 19.8. The van der Waals surface area contributed by atoms with Gasteiger partial charge >= 0.3 is 0 Å². The molecule has 3 unspecified atom stereocenters. The molecule has 0 aromatic heterocycles. The van der Waals surface area contributed by atoms with E-state index in [0.717, 1.165) is 37.3 Å². The highest BCUT2D eigenvalue weighted by Gasteiger charge is 2.44. The number of anilines is 2. The quantitative estimate of drug-likeness (QED) is 0.665. The van der Waals surface area contributed by atoms with E-state index in [9.17, 15) is 9.18 Å². The molecule has 3 aliphatic heterocycles. The van der Waals surface area contributed by atoms with Gasteiger partial charge in [-0.2, -0.15) is 0 Å². The van der Waals surface area contributed by atoms with Crippen molar-refractivity contribution >= 4 is 17.3 Å². The second-order valence-electron chi connectivity index (χ2n) is 9.66. The Balaban J connectivity index is 1.42. The second kappa shape index (κ2) is 8.68. The van der Waals surface area contributed by atoms with E-state index in [1.54, 1.807) is 6.07 Å². The molecule has 1 amide bonds. The molecule has 7 nitrogen and oxygen atoms in total. The Hall–Kier alpha value is -2.52. The number of aryl methyl sites for hydroxylation is 3. The topological polar surface area (TPSA) is 62.9 Å². The Kier molecular flexibility index (Phi) is 5.86. The summed E-state index contributed by atoms with van der Waals surface area (Å²) in [5.41, 5.74) is 16.1. The van der Waals surface area contributed by atoms with Crippen molar-refractivity contribution in [2.24, 2.45) is 0 Å². The van der Waals surface area contributed by atoms with Gasteiger partial charge in [-0.05, 0) is 56.1 Å². The number of carbonyl (C=O) groups is 1. The summed E-state index contributed by atoms with van der Waals surface area (Å²) in [6.07, 6.45) is 0.298. The van der Waals surface area contributed by atoms with Crippen LogP contribution >= 0.6 is 0 Å². The Morgan fingerprint density at radius 3 is 2.30 bits per heavy atom. The average molecular weight is 453 g/mol. The number of fused-ring (bicyclic) bond motifs is 1. The van der Waals surface area contributed by atoms with Crippen molar-refractivity contribution in [2.45, 2.75) is 45.3 Å². The van der Waals surface area contributed by atoms with Crippen LogP contribution in [0.3, 0.4) is 0 Å². The number of hydrogen-bond donors (Lipinski definition) is 3. The number of nitrogens with one attached hydrogen (secondary N) is 3. The number of likely N-dealkylation sites (N-methyl/N-ethyl adjacent to an activating group) is 1. The number of benzene rings is 2. The van der Waals surface area contributed by atoms with E-state index in [0.29, 0.717) is 12.1 Å². The SMILES string of the molecule is Cc1cc(C2NNC3CC(=O)N(c4c(C)cccc4F)NC32)cc(C)c1N1CCN(C)CC1. The minimum atomic E-state index is -0.395. The van der Waals surface area contributed by atoms with Crippen molar-refractivity contribution in [3.05, 3.63) is 58.4 Å². The molecule has 2 aromatic rings. The largest absolute Gasteiger partial charge is 0.369 e. The molecule has 33 heavy (non-hydrogen) atoms. The first-order valence-corrected chi connectivity index (χ1v) is 11.7. The minimum Gasteiger partial charge on any atom is -0.369 e. The fourth-order valence-corrected chi connectivity index (χ4v) is 5.54. The van der Waals surface area contributed by atoms with Crippen LogP contribution in [-0.4, -0.2) is 56.1 Å². The molecule has 3 fully saturated rings. The van der Waals surface area contributed by atoms with Gasteiger partial charge < -0.3 is 9.80 Å². The van der Waals surface area contributed by atoms with Gasteiger partial charge in [-0.25, -0.2) is 20.3 Å². The third-order valence-electron chi connectivity index (χ3n) is 7.24. The van der Waals surface area contributed by atoms with Crippen molar-refractivity contribution < 1.29 is 9.18 Å². The zero-order chi connectivity index (χ0) is 23.3. The van der Waals surface area contributed by atoms with Crippen LogP contribution in [-0.2, 0) is 4.79 Å². The Morgan fingerprint density at radius 1 is 0.939 bits per heavy atom. The Bertz CT molecular complexity index is 1020. The normalized spacial score (nSPS) is 26.1. The van der Waals surface area contributed by atoms with E-state index in [1.165, 1.54) is 27.9 Å². The zero-order valence-electron chi connectivity index (χ0n) is 19.8. The van der Waals surface area contributed by atoms with Crippen LogP contribution in [0.5, 0.6) is 0 Å². The monoisotopic (exact) mass is 452 g/mol. The molecule has 0 spiro atoms. The molecule has 3 atom stereocenters. The fourth-order valence-electron chi connectivity index (χ4n) is 5.54. The number of para-hydroxylation sites is 1. The predicted molar refractivity (Wildman–Crippen MR) is 129 cm³/mol. The first-order valence-electron chi connectivity index (χ1n) is 11.7. The summed E-state index contributed by atoms with van der Waals surface area (Å²) in [7, 11) is 2.17. The molecule has 8 heteroatoms. The smallest absolute Gasteiger partial charge is 0.243 e. The molecule has 0 bridgehead atoms. The highest BCUT2D eigenvalue weighted by molar-refractivity contribution is 5.94. The summed E-state index contributed by atoms with van der Waals surface area (Å²) in [5.74, 6) is -0.537. The van der Waals surface area contributed by atoms with Gasteiger partial charge in [0.25, 0.3) is 0 Å². The van der Waals surface area contributed by atoms with Gasteiger partial charge in [0.1, 0.15) is 5.82 Å². The summed E-state index contributed by atoms with van der Waals surface area (Å²) in [6, 6.07) is 9.19. The van der Waals surface area contributed by atoms with Crippen LogP contribution in [0.15, 0.2) is 30.3 Å². The molecular weight excluding hydrogens is 419 g/mol. The second-order valence-corrected chi connectivity index (χ2v) is 9.66. The maximum absolute atomic E-state index is 14.7. The average Bonchev–Trinajstić information content (AvgIpc) is 3.17. The third-order valence-corrected chi connectivity index (χ3v) is 7.24. The van der Waals surface area contributed by atoms with Gasteiger partial charge in [0.15, 0.2) is 0 Å². The third kappa shape index (κ3) is 4.01. The number of nitrogens with zero attached hydrogens (tertiary/aromatic N) is 3. The van der Waals surface area contributed by atoms with Gasteiger partial charge in [0.2, 0.25) is 5.91 Å². The molecule has 2 aromatic carbocycles. The van der Waals surface area contributed by atoms with Gasteiger partial charge in [0.05, 0.1) is 17.8 Å². The van der Waals surface area contributed by atoms with Crippen molar-refractivity contribution in [1.82, 2.24) is 21.2 Å². The first kappa shape index (κ1) is 22.3. The van der Waals surface area contributed by atoms with E-state index in [2.05, 4.69) is 59.1 Å². The van der Waals surface area contributed by atoms with E-state index in [-0.39, 0.29) is 24.0 Å². The number of amides is 1. The van der Waals surface area contributed by atoms with Crippen molar-refractivity contribution in [2.75, 3.05) is 43.1 Å². The minimum absolute atomic E-state index is 0.0448. The number of piperazine rings is 1. The lowest BCUT2D eigenvalue weighted by atomic mass is 9.90. The molecule has 5 rings (SSSR count). The van der Waals surface area contributed by atoms with E-state index in [1.807, 2.05) is 13.0 Å². The number of carbonyl (C=O) groups excluding carboxylic acids is 1. The van der Waals surface area contributed by atoms with Crippen LogP contribution in [0.25, 0.3) is 0 Å². The summed E-state index contributed by atoms with van der Waals surface area (Å²) in [6.45, 7) is 10.4. The molecule has 176 valence electrons. The predicted octanol–water partition coefficient (Wildman–Crippen LogP) is 2.33. The molecule has 0 radical (unpaired) electrons. The van der Waals surface area contributed by atoms with Crippen molar-refractivity contribution in [3.63, 3.8) is 0 Å². The highest BCUT2D eigenvalue weighted by atomic mass is 19.1. The van der Waals surface area contributed by atoms with E-state index < -0.39 is 5.82 Å². The van der Waals surface area contributed by atoms with Gasteiger partial charge in [0, 0.05) is 44.3 Å². The van der Waals surface area contributed by atoms with E-state index >= 15 is 0 Å². The summed E-state index contributed by atoms with van der Waals surface area (Å²) >= 11 is 0. The lowest BCUT2D eigenvalue weighted by molar-refractivity contribution is -0.121. The lowest BCUT2D eigenvalue weighted by Crippen LogP contribution is -2.60. The van der Waals surface area contributed by atoms with Crippen molar-refractivity contribution in [3.8, 4) is 0 Å². The van der Waals surface area contributed by atoms with Gasteiger partial charge in [-0.15, -0.1) is 0 Å². The standard InChI is InChI=1S/C25H33FN6O/c1-15-6-5-7-19(26)25(15)32-21(33)14-20-23(29-32)22(28-27-20)18-12-16(2)24(17(3)13-18)31-10-8-30(4)9-11-31/h5-7,12-13,20,22-23,27-29H,8-11,14H2,1-4H3. The van der Waals surface area contributed by atoms with Gasteiger partial charge in [-0.3, -0.25) is 10.2 Å². The first-order chi connectivity index (χ1) is 15.8. The van der Waals surface area contributed by atoms with Crippen LogP contribution in [0.2, 0.25) is 0 Å². The summed E-state index contributed by atoms with van der Waals surface area (Å²) < 4.78 is 14.7. The van der Waals surface area contributed by atoms with Crippen LogP contribution in [0, 0.1) is 26.6 Å². The van der Waals surface area contributed by atoms with Crippen LogP contribution in [0.1, 0.15) is 34.7 Å². The number of hydrazine groups is 2. The van der Waals surface area contributed by atoms with Gasteiger partial charge in [-0.1, -0.05) is 24.3 Å². The summed E-state index contributed by atoms with van der Waals surface area (Å²) in [5, 5.41) is 1.41. The summed E-state index contributed by atoms with van der Waals surface area (Å²) in [4.78, 5) is 17.7. The maximum Gasteiger partial charge on any atom is 0.243 e. The Morgan fingerprint density at radius 2 is 1.64 bits per heavy atom. The Labute approximate surface area is 194 Å². The molecule has 3 saturated heterocycles. The van der Waals surface area contributed by atoms with E-state index in [4.69, 9.17) is 0 Å². The molecular formula is C25H33FN6O. The fraction of sp³-hybridized carbons (Fsp3) is 0.480. The molecule has 3 N–H and O–H groups in total. The molecule has 0 saturated carbocycles. The lowest BCUT2D eigenvalue weighted by Gasteiger charge is -2.38. The van der Waals surface area contributed by atoms with Crippen LogP contribution < -0.4 is 26.2 Å². The molecule has 3 aliphatic rings. The number of rotatable bonds is 3. The number of hydrogen-bond acceptors (Lipinski definition) is 6. The van der Waals surface area contributed by atoms with Crippen molar-refractivity contribution in [1.29, 1.82) is 0 Å². The maximum atomic E-state index is 14.7.